The second kappa shape index (κ2) is 10.2. The molecule has 0 amide bonds. The van der Waals surface area contributed by atoms with Gasteiger partial charge in [-0.15, -0.1) is 0 Å². The van der Waals surface area contributed by atoms with E-state index in [1.165, 1.54) is 0 Å². The topological polar surface area (TPSA) is 85.0 Å². The van der Waals surface area contributed by atoms with Gasteiger partial charge in [0.1, 0.15) is 11.6 Å². The Bertz CT molecular complexity index is 990. The Morgan fingerprint density at radius 2 is 1.74 bits per heavy atom. The van der Waals surface area contributed by atoms with Gasteiger partial charge in [0.25, 0.3) is 0 Å². The van der Waals surface area contributed by atoms with E-state index in [4.69, 9.17) is 0 Å². The third-order valence-electron chi connectivity index (χ3n) is 5.26. The van der Waals surface area contributed by atoms with Crippen molar-refractivity contribution in [2.24, 2.45) is 0 Å². The van der Waals surface area contributed by atoms with Crippen molar-refractivity contribution >= 4 is 29.6 Å². The van der Waals surface area contributed by atoms with Gasteiger partial charge in [-0.2, -0.15) is 5.10 Å². The van der Waals surface area contributed by atoms with Gasteiger partial charge in [0.2, 0.25) is 0 Å². The molecule has 3 N–H and O–H groups in total. The van der Waals surface area contributed by atoms with E-state index < -0.39 is 0 Å². The van der Waals surface area contributed by atoms with Gasteiger partial charge in [-0.3, -0.25) is 10.00 Å². The highest BCUT2D eigenvalue weighted by atomic mass is 15.3. The Morgan fingerprint density at radius 3 is 2.48 bits per heavy atom. The van der Waals surface area contributed by atoms with Crippen LogP contribution in [0, 0.1) is 6.92 Å². The largest absolute Gasteiger partial charge is 0.369 e. The van der Waals surface area contributed by atoms with Crippen LogP contribution in [0.3, 0.4) is 0 Å². The van der Waals surface area contributed by atoms with Crippen molar-refractivity contribution in [2.75, 3.05) is 56.9 Å². The molecule has 3 aromatic rings. The molecule has 1 aliphatic heterocycles. The number of benzene rings is 1. The van der Waals surface area contributed by atoms with Crippen molar-refractivity contribution in [2.45, 2.75) is 6.92 Å². The highest BCUT2D eigenvalue weighted by Crippen LogP contribution is 2.18. The van der Waals surface area contributed by atoms with Gasteiger partial charge < -0.3 is 15.5 Å². The number of aromatic amines is 1. The zero-order chi connectivity index (χ0) is 21.5. The molecule has 31 heavy (non-hydrogen) atoms. The molecule has 1 aliphatic rings. The van der Waals surface area contributed by atoms with Crippen LogP contribution in [-0.2, 0) is 0 Å². The predicted octanol–water partition coefficient (Wildman–Crippen LogP) is 3.08. The van der Waals surface area contributed by atoms with E-state index in [9.17, 15) is 0 Å². The smallest absolute Gasteiger partial charge is 0.156 e. The van der Waals surface area contributed by atoms with Crippen molar-refractivity contribution in [1.29, 1.82) is 0 Å². The number of aromatic nitrogens is 4. The quantitative estimate of drug-likeness (QED) is 0.518. The number of nitrogens with one attached hydrogen (secondary N) is 3. The van der Waals surface area contributed by atoms with Gasteiger partial charge in [0.15, 0.2) is 11.6 Å². The molecular formula is C23H30N8. The van der Waals surface area contributed by atoms with Crippen molar-refractivity contribution < 1.29 is 0 Å². The first-order chi connectivity index (χ1) is 15.1. The second-order valence-corrected chi connectivity index (χ2v) is 7.87. The zero-order valence-corrected chi connectivity index (χ0v) is 18.2. The first kappa shape index (κ1) is 21.0. The molecule has 8 heteroatoms. The van der Waals surface area contributed by atoms with Crippen molar-refractivity contribution in [3.63, 3.8) is 0 Å². The van der Waals surface area contributed by atoms with E-state index in [1.54, 1.807) is 0 Å². The molecule has 0 atom stereocenters. The second-order valence-electron chi connectivity index (χ2n) is 7.87. The maximum absolute atomic E-state index is 4.69. The number of anilines is 3. The Kier molecular flexibility index (Phi) is 6.91. The monoisotopic (exact) mass is 418 g/mol. The summed E-state index contributed by atoms with van der Waals surface area (Å²) in [7, 11) is 2.18. The molecule has 0 bridgehead atoms. The summed E-state index contributed by atoms with van der Waals surface area (Å²) >= 11 is 0. The first-order valence-corrected chi connectivity index (χ1v) is 10.7. The molecule has 0 unspecified atom stereocenters. The Labute approximate surface area is 183 Å². The minimum absolute atomic E-state index is 0.642. The minimum atomic E-state index is 0.642. The highest BCUT2D eigenvalue weighted by molar-refractivity contribution is 5.68. The van der Waals surface area contributed by atoms with E-state index in [0.29, 0.717) is 11.6 Å². The number of piperazine rings is 1. The maximum atomic E-state index is 4.69. The summed E-state index contributed by atoms with van der Waals surface area (Å²) in [5, 5.41) is 13.9. The Hall–Kier alpha value is -3.23. The van der Waals surface area contributed by atoms with Crippen LogP contribution in [-0.4, -0.2) is 76.3 Å². The number of rotatable bonds is 8. The average Bonchev–Trinajstić information content (AvgIpc) is 3.19. The van der Waals surface area contributed by atoms with Crippen LogP contribution in [0.5, 0.6) is 0 Å². The molecule has 0 spiro atoms. The molecule has 1 aromatic carbocycles. The molecule has 162 valence electrons. The standard InChI is InChI=1S/C23H30N8/c1-18-16-23(29-28-18)27-22-17-21(24-10-11-31-14-12-30(2)13-15-31)25-20(26-22)9-8-19-6-4-3-5-7-19/h3-9,16-17H,10-15H2,1-2H3,(H3,24,25,26,27,28,29)/b9-8+. The molecule has 4 rings (SSSR count). The summed E-state index contributed by atoms with van der Waals surface area (Å²) in [6.07, 6.45) is 3.95. The summed E-state index contributed by atoms with van der Waals surface area (Å²) in [5.41, 5.74) is 2.10. The average molecular weight is 419 g/mol. The Balaban J connectivity index is 1.46. The number of H-pyrrole nitrogens is 1. The lowest BCUT2D eigenvalue weighted by molar-refractivity contribution is 0.158. The normalized spacial score (nSPS) is 15.4. The minimum Gasteiger partial charge on any atom is -0.369 e. The summed E-state index contributed by atoms with van der Waals surface area (Å²) < 4.78 is 0. The van der Waals surface area contributed by atoms with Gasteiger partial charge in [-0.1, -0.05) is 36.4 Å². The van der Waals surface area contributed by atoms with Crippen LogP contribution in [0.25, 0.3) is 12.2 Å². The van der Waals surface area contributed by atoms with Crippen LogP contribution in [0.2, 0.25) is 0 Å². The van der Waals surface area contributed by atoms with Crippen LogP contribution >= 0.6 is 0 Å². The fraction of sp³-hybridized carbons (Fsp3) is 0.348. The molecule has 2 aromatic heterocycles. The van der Waals surface area contributed by atoms with Gasteiger partial charge in [-0.05, 0) is 25.6 Å². The van der Waals surface area contributed by atoms with E-state index >= 15 is 0 Å². The fourth-order valence-corrected chi connectivity index (χ4v) is 3.46. The lowest BCUT2D eigenvalue weighted by atomic mass is 10.2. The van der Waals surface area contributed by atoms with Gasteiger partial charge >= 0.3 is 0 Å². The summed E-state index contributed by atoms with van der Waals surface area (Å²) in [6, 6.07) is 14.0. The first-order valence-electron chi connectivity index (χ1n) is 10.7. The summed E-state index contributed by atoms with van der Waals surface area (Å²) in [4.78, 5) is 14.2. The SMILES string of the molecule is Cc1cc(Nc2cc(NCCN3CCN(C)CC3)nc(/C=C/c3ccccc3)n2)n[nH]1. The highest BCUT2D eigenvalue weighted by Gasteiger charge is 2.13. The molecule has 3 heterocycles. The number of likely N-dealkylation sites (N-methyl/N-ethyl adjacent to an activating group) is 1. The summed E-state index contributed by atoms with van der Waals surface area (Å²) in [6.45, 7) is 8.27. The summed E-state index contributed by atoms with van der Waals surface area (Å²) in [5.74, 6) is 2.88. The fourth-order valence-electron chi connectivity index (χ4n) is 3.46. The van der Waals surface area contributed by atoms with Crippen LogP contribution in [0.4, 0.5) is 17.5 Å². The molecule has 0 aliphatic carbocycles. The number of hydrogen-bond donors (Lipinski definition) is 3. The van der Waals surface area contributed by atoms with Gasteiger partial charge in [0, 0.05) is 57.1 Å². The maximum Gasteiger partial charge on any atom is 0.156 e. The van der Waals surface area contributed by atoms with Crippen LogP contribution in [0.15, 0.2) is 42.5 Å². The molecule has 0 radical (unpaired) electrons. The van der Waals surface area contributed by atoms with E-state index in [-0.39, 0.29) is 0 Å². The third-order valence-corrected chi connectivity index (χ3v) is 5.26. The van der Waals surface area contributed by atoms with Crippen molar-refractivity contribution in [3.05, 3.63) is 59.5 Å². The lowest BCUT2D eigenvalue weighted by Gasteiger charge is -2.32. The van der Waals surface area contributed by atoms with Crippen molar-refractivity contribution in [1.82, 2.24) is 30.0 Å². The predicted molar refractivity (Wildman–Crippen MR) is 126 cm³/mol. The van der Waals surface area contributed by atoms with Crippen LogP contribution < -0.4 is 10.6 Å². The molecule has 0 saturated carbocycles. The number of hydrogen-bond acceptors (Lipinski definition) is 7. The Morgan fingerprint density at radius 1 is 0.968 bits per heavy atom. The molecule has 8 nitrogen and oxygen atoms in total. The zero-order valence-electron chi connectivity index (χ0n) is 18.2. The number of aryl methyl sites for hydroxylation is 1. The molecular weight excluding hydrogens is 388 g/mol. The third kappa shape index (κ3) is 6.37. The molecule has 1 fully saturated rings. The molecule has 1 saturated heterocycles. The van der Waals surface area contributed by atoms with E-state index in [0.717, 1.165) is 62.2 Å². The van der Waals surface area contributed by atoms with E-state index in [1.807, 2.05) is 49.4 Å². The van der Waals surface area contributed by atoms with Crippen molar-refractivity contribution in [3.8, 4) is 0 Å². The van der Waals surface area contributed by atoms with Crippen LogP contribution in [0.1, 0.15) is 17.1 Å². The van der Waals surface area contributed by atoms with Gasteiger partial charge in [-0.25, -0.2) is 9.97 Å². The van der Waals surface area contributed by atoms with Gasteiger partial charge in [0.05, 0.1) is 0 Å². The number of nitrogens with zero attached hydrogens (tertiary/aromatic N) is 5. The van der Waals surface area contributed by atoms with E-state index in [2.05, 4.69) is 59.8 Å². The lowest BCUT2D eigenvalue weighted by Crippen LogP contribution is -2.45.